The van der Waals surface area contributed by atoms with Gasteiger partial charge in [-0.05, 0) is 49.7 Å². The van der Waals surface area contributed by atoms with E-state index < -0.39 is 5.97 Å². The summed E-state index contributed by atoms with van der Waals surface area (Å²) in [6.45, 7) is 2.06. The molecule has 1 fully saturated rings. The highest BCUT2D eigenvalue weighted by Gasteiger charge is 2.33. The Morgan fingerprint density at radius 3 is 2.76 bits per heavy atom. The Morgan fingerprint density at radius 2 is 2.00 bits per heavy atom. The zero-order valence-corrected chi connectivity index (χ0v) is 19.5. The minimum atomic E-state index is -0.590. The number of hydrogen-bond donors (Lipinski definition) is 1. The number of rotatable bonds is 6. The summed E-state index contributed by atoms with van der Waals surface area (Å²) in [5, 5.41) is 3.50. The van der Waals surface area contributed by atoms with E-state index in [1.165, 1.54) is 11.3 Å². The number of aromatic nitrogens is 2. The Labute approximate surface area is 195 Å². The molecule has 2 aliphatic rings. The Kier molecular flexibility index (Phi) is 6.01. The minimum Gasteiger partial charge on any atom is -0.451 e. The Hall–Kier alpha value is -3.00. The van der Waals surface area contributed by atoms with Crippen molar-refractivity contribution in [1.82, 2.24) is 14.9 Å². The van der Waals surface area contributed by atoms with E-state index in [4.69, 9.17) is 4.74 Å². The average molecular weight is 466 g/mol. The van der Waals surface area contributed by atoms with Crippen LogP contribution in [0.15, 0.2) is 35.1 Å². The number of carbonyl (C=O) groups is 2. The monoisotopic (exact) mass is 465 g/mol. The fourth-order valence-corrected chi connectivity index (χ4v) is 5.66. The highest BCUT2D eigenvalue weighted by atomic mass is 32.1. The van der Waals surface area contributed by atoms with Crippen molar-refractivity contribution in [2.75, 3.05) is 6.61 Å². The normalized spacial score (nSPS) is 16.6. The first-order chi connectivity index (χ1) is 16.0. The lowest BCUT2D eigenvalue weighted by atomic mass is 10.0. The summed E-state index contributed by atoms with van der Waals surface area (Å²) < 4.78 is 7.09. The van der Waals surface area contributed by atoms with Crippen LogP contribution in [-0.2, 0) is 22.5 Å². The van der Waals surface area contributed by atoms with Crippen LogP contribution in [0.25, 0.3) is 10.2 Å². The number of esters is 1. The van der Waals surface area contributed by atoms with Gasteiger partial charge in [0.15, 0.2) is 6.61 Å². The lowest BCUT2D eigenvalue weighted by Crippen LogP contribution is -2.33. The number of ether oxygens (including phenoxy) is 1. The number of benzene rings is 1. The van der Waals surface area contributed by atoms with Gasteiger partial charge in [0.2, 0.25) is 0 Å². The van der Waals surface area contributed by atoms with E-state index in [2.05, 4.69) is 10.3 Å². The van der Waals surface area contributed by atoms with Crippen LogP contribution in [0.4, 0.5) is 0 Å². The highest BCUT2D eigenvalue weighted by Crippen LogP contribution is 2.40. The second kappa shape index (κ2) is 9.09. The summed E-state index contributed by atoms with van der Waals surface area (Å²) in [7, 11) is 0. The maximum atomic E-state index is 13.1. The number of nitrogens with zero attached hydrogens (tertiary/aromatic N) is 2. The summed E-state index contributed by atoms with van der Waals surface area (Å²) in [4.78, 5) is 44.0. The maximum absolute atomic E-state index is 13.1. The van der Waals surface area contributed by atoms with E-state index in [0.29, 0.717) is 33.1 Å². The molecule has 0 bridgehead atoms. The van der Waals surface area contributed by atoms with Crippen LogP contribution in [0.1, 0.15) is 64.8 Å². The molecule has 5 rings (SSSR count). The molecule has 1 aliphatic heterocycles. The quantitative estimate of drug-likeness (QED) is 0.558. The first-order valence-electron chi connectivity index (χ1n) is 11.6. The number of nitrogens with one attached hydrogen (secondary N) is 1. The SMILES string of the molecule is Cc1c(C(=O)OCC(=O)NC(c2ccccc2)C2CC2)sc2nc3n(c(=O)c12)CCCCC3. The lowest BCUT2D eigenvalue weighted by Gasteiger charge is -2.18. The zero-order valence-electron chi connectivity index (χ0n) is 18.6. The first kappa shape index (κ1) is 21.8. The van der Waals surface area contributed by atoms with Gasteiger partial charge < -0.3 is 10.1 Å². The van der Waals surface area contributed by atoms with Crippen molar-refractivity contribution < 1.29 is 14.3 Å². The number of fused-ring (bicyclic) bond motifs is 2. The zero-order chi connectivity index (χ0) is 22.9. The van der Waals surface area contributed by atoms with Gasteiger partial charge in [0.05, 0.1) is 11.4 Å². The van der Waals surface area contributed by atoms with Crippen molar-refractivity contribution in [3.63, 3.8) is 0 Å². The van der Waals surface area contributed by atoms with Gasteiger partial charge in [-0.15, -0.1) is 11.3 Å². The predicted molar refractivity (Wildman–Crippen MR) is 127 cm³/mol. The molecule has 0 radical (unpaired) electrons. The number of aryl methyl sites for hydroxylation is 2. The van der Waals surface area contributed by atoms with E-state index in [9.17, 15) is 14.4 Å². The largest absolute Gasteiger partial charge is 0.451 e. The molecule has 1 saturated carbocycles. The molecule has 1 N–H and O–H groups in total. The van der Waals surface area contributed by atoms with Crippen LogP contribution in [0.5, 0.6) is 0 Å². The van der Waals surface area contributed by atoms with E-state index in [1.807, 2.05) is 30.3 Å². The molecular weight excluding hydrogens is 438 g/mol. The molecule has 1 atom stereocenters. The van der Waals surface area contributed by atoms with Crippen molar-refractivity contribution in [3.8, 4) is 0 Å². The molecule has 1 unspecified atom stereocenters. The molecule has 0 spiro atoms. The van der Waals surface area contributed by atoms with Crippen molar-refractivity contribution in [2.45, 2.75) is 58.0 Å². The Bertz CT molecular complexity index is 1260. The minimum absolute atomic E-state index is 0.0666. The summed E-state index contributed by atoms with van der Waals surface area (Å²) in [6.07, 6.45) is 5.97. The van der Waals surface area contributed by atoms with Crippen LogP contribution in [0.2, 0.25) is 0 Å². The summed E-state index contributed by atoms with van der Waals surface area (Å²) in [6, 6.07) is 9.80. The highest BCUT2D eigenvalue weighted by molar-refractivity contribution is 7.20. The first-order valence-corrected chi connectivity index (χ1v) is 12.4. The molecule has 172 valence electrons. The molecule has 33 heavy (non-hydrogen) atoms. The predicted octanol–water partition coefficient (Wildman–Crippen LogP) is 3.92. The van der Waals surface area contributed by atoms with Gasteiger partial charge >= 0.3 is 5.97 Å². The molecular formula is C25H27N3O4S. The molecule has 3 aromatic rings. The summed E-state index contributed by atoms with van der Waals surface area (Å²) in [5.41, 5.74) is 1.56. The number of hydrogen-bond acceptors (Lipinski definition) is 6. The second-order valence-electron chi connectivity index (χ2n) is 8.90. The van der Waals surface area contributed by atoms with Crippen LogP contribution < -0.4 is 10.9 Å². The van der Waals surface area contributed by atoms with Gasteiger partial charge in [-0.25, -0.2) is 9.78 Å². The third-order valence-electron chi connectivity index (χ3n) is 6.50. The van der Waals surface area contributed by atoms with E-state index in [-0.39, 0.29) is 24.1 Å². The Balaban J connectivity index is 1.30. The van der Waals surface area contributed by atoms with E-state index >= 15 is 0 Å². The standard InChI is InChI=1S/C25H27N3O4S/c1-15-20-23(26-18-10-6-3-7-13-28(18)24(20)30)33-22(15)25(31)32-14-19(29)27-21(17-11-12-17)16-8-4-2-5-9-16/h2,4-5,8-9,17,21H,3,6-7,10-14H2,1H3,(H,27,29). The molecule has 8 heteroatoms. The molecule has 1 aliphatic carbocycles. The van der Waals surface area contributed by atoms with Crippen LogP contribution in [0, 0.1) is 12.8 Å². The molecule has 3 heterocycles. The smallest absolute Gasteiger partial charge is 0.349 e. The molecule has 0 saturated heterocycles. The van der Waals surface area contributed by atoms with E-state index in [1.54, 1.807) is 11.5 Å². The van der Waals surface area contributed by atoms with Gasteiger partial charge in [-0.1, -0.05) is 36.8 Å². The van der Waals surface area contributed by atoms with Gasteiger partial charge in [0.1, 0.15) is 15.5 Å². The van der Waals surface area contributed by atoms with Gasteiger partial charge in [-0.2, -0.15) is 0 Å². The van der Waals surface area contributed by atoms with Crippen molar-refractivity contribution in [2.24, 2.45) is 5.92 Å². The van der Waals surface area contributed by atoms with Gasteiger partial charge in [0.25, 0.3) is 11.5 Å². The van der Waals surface area contributed by atoms with Crippen LogP contribution in [0.3, 0.4) is 0 Å². The number of amides is 1. The second-order valence-corrected chi connectivity index (χ2v) is 9.90. The topological polar surface area (TPSA) is 90.3 Å². The molecule has 7 nitrogen and oxygen atoms in total. The fourth-order valence-electron chi connectivity index (χ4n) is 4.58. The van der Waals surface area contributed by atoms with Crippen LogP contribution >= 0.6 is 11.3 Å². The van der Waals surface area contributed by atoms with Crippen molar-refractivity contribution in [1.29, 1.82) is 0 Å². The molecule has 2 aromatic heterocycles. The summed E-state index contributed by atoms with van der Waals surface area (Å²) in [5.74, 6) is 0.296. The van der Waals surface area contributed by atoms with Gasteiger partial charge in [0, 0.05) is 13.0 Å². The summed E-state index contributed by atoms with van der Waals surface area (Å²) >= 11 is 1.17. The average Bonchev–Trinajstić information content (AvgIpc) is 3.63. The number of thiophene rings is 1. The van der Waals surface area contributed by atoms with Gasteiger partial charge in [-0.3, -0.25) is 14.2 Å². The number of carbonyl (C=O) groups excluding carboxylic acids is 2. The molecule has 1 amide bonds. The van der Waals surface area contributed by atoms with E-state index in [0.717, 1.165) is 49.9 Å². The van der Waals surface area contributed by atoms with Crippen LogP contribution in [-0.4, -0.2) is 28.0 Å². The maximum Gasteiger partial charge on any atom is 0.349 e. The lowest BCUT2D eigenvalue weighted by molar-refractivity contribution is -0.125. The van der Waals surface area contributed by atoms with Crippen molar-refractivity contribution in [3.05, 3.63) is 62.5 Å². The fraction of sp³-hybridized carbons (Fsp3) is 0.440. The van der Waals surface area contributed by atoms with Crippen molar-refractivity contribution >= 4 is 33.4 Å². The third-order valence-corrected chi connectivity index (χ3v) is 7.67. The Morgan fingerprint density at radius 1 is 1.21 bits per heavy atom. The third kappa shape index (κ3) is 4.44. The molecule has 1 aromatic carbocycles.